The third kappa shape index (κ3) is 2.64. The van der Waals surface area contributed by atoms with Gasteiger partial charge in [-0.05, 0) is 40.5 Å². The number of hydrogen-bond donors (Lipinski definition) is 1. The van der Waals surface area contributed by atoms with Crippen molar-refractivity contribution in [3.05, 3.63) is 0 Å². The summed E-state index contributed by atoms with van der Waals surface area (Å²) in [7, 11) is 0. The molecule has 0 atom stereocenters. The first-order valence-electron chi connectivity index (χ1n) is 5.04. The van der Waals surface area contributed by atoms with E-state index in [-0.39, 0.29) is 22.8 Å². The van der Waals surface area contributed by atoms with Crippen molar-refractivity contribution in [2.45, 2.75) is 51.6 Å². The monoisotopic (exact) mass is 197 g/mol. The summed E-state index contributed by atoms with van der Waals surface area (Å²) in [5.41, 5.74) is -0.129. The lowest BCUT2D eigenvalue weighted by Gasteiger charge is -2.45. The van der Waals surface area contributed by atoms with Crippen molar-refractivity contribution >= 4 is 12.1 Å². The van der Waals surface area contributed by atoms with Crippen LogP contribution in [-0.2, 0) is 9.59 Å². The minimum atomic E-state index is -0.257. The topological polar surface area (TPSA) is 46.2 Å². The molecule has 80 valence electrons. The van der Waals surface area contributed by atoms with Gasteiger partial charge in [0.15, 0.2) is 12.1 Å². The maximum absolute atomic E-state index is 11.3. The van der Waals surface area contributed by atoms with Crippen LogP contribution in [0.15, 0.2) is 0 Å². The number of nitrogens with one attached hydrogen (secondary N) is 1. The van der Waals surface area contributed by atoms with Gasteiger partial charge in [-0.25, -0.2) is 0 Å². The molecule has 0 saturated carbocycles. The van der Waals surface area contributed by atoms with Crippen LogP contribution in [0, 0.1) is 5.92 Å². The van der Waals surface area contributed by atoms with E-state index in [1.54, 1.807) is 0 Å². The van der Waals surface area contributed by atoms with Crippen LogP contribution >= 0.6 is 0 Å². The Morgan fingerprint density at radius 1 is 1.21 bits per heavy atom. The Morgan fingerprint density at radius 3 is 2.00 bits per heavy atom. The fourth-order valence-electron chi connectivity index (χ4n) is 2.62. The zero-order valence-corrected chi connectivity index (χ0v) is 9.39. The van der Waals surface area contributed by atoms with E-state index in [0.717, 1.165) is 12.8 Å². The molecule has 1 heterocycles. The molecule has 0 aromatic carbocycles. The quantitative estimate of drug-likeness (QED) is 0.536. The van der Waals surface area contributed by atoms with Gasteiger partial charge in [-0.1, -0.05) is 0 Å². The Bertz CT molecular complexity index is 240. The molecule has 0 bridgehead atoms. The lowest BCUT2D eigenvalue weighted by atomic mass is 9.74. The van der Waals surface area contributed by atoms with E-state index in [1.807, 2.05) is 0 Å². The van der Waals surface area contributed by atoms with E-state index in [2.05, 4.69) is 33.0 Å². The van der Waals surface area contributed by atoms with Crippen molar-refractivity contribution in [2.24, 2.45) is 5.92 Å². The van der Waals surface area contributed by atoms with Gasteiger partial charge in [-0.2, -0.15) is 0 Å². The average Bonchev–Trinajstić information content (AvgIpc) is 1.97. The fourth-order valence-corrected chi connectivity index (χ4v) is 2.62. The van der Waals surface area contributed by atoms with Crippen LogP contribution < -0.4 is 5.32 Å². The van der Waals surface area contributed by atoms with E-state index in [1.165, 1.54) is 0 Å². The third-order valence-electron chi connectivity index (χ3n) is 2.71. The maximum Gasteiger partial charge on any atom is 0.198 e. The molecule has 0 aliphatic carbocycles. The van der Waals surface area contributed by atoms with Gasteiger partial charge in [0.05, 0.1) is 0 Å². The maximum atomic E-state index is 11.3. The summed E-state index contributed by atoms with van der Waals surface area (Å²) in [6.07, 6.45) is 1.95. The number of Topliss-reactive ketones (excluding diaryl/α,β-unsaturated/α-hetero) is 1. The number of ketones is 1. The fraction of sp³-hybridized carbons (Fsp3) is 0.818. The molecule has 1 saturated heterocycles. The summed E-state index contributed by atoms with van der Waals surface area (Å²) in [6.45, 7) is 8.27. The SMILES string of the molecule is CC1(C)CC(C(=O)C=O)CC(C)(C)N1. The second-order valence-corrected chi connectivity index (χ2v) is 5.52. The van der Waals surface area contributed by atoms with Crippen molar-refractivity contribution < 1.29 is 9.59 Å². The van der Waals surface area contributed by atoms with Crippen LogP contribution in [0.4, 0.5) is 0 Å². The molecular weight excluding hydrogens is 178 g/mol. The molecule has 3 heteroatoms. The summed E-state index contributed by atoms with van der Waals surface area (Å²) < 4.78 is 0. The molecule has 1 aliphatic rings. The van der Waals surface area contributed by atoms with Crippen molar-refractivity contribution in [3.8, 4) is 0 Å². The molecule has 1 fully saturated rings. The molecule has 3 nitrogen and oxygen atoms in total. The molecule has 0 radical (unpaired) electrons. The highest BCUT2D eigenvalue weighted by molar-refractivity contribution is 6.26. The molecule has 14 heavy (non-hydrogen) atoms. The van der Waals surface area contributed by atoms with E-state index in [9.17, 15) is 9.59 Å². The molecule has 0 amide bonds. The predicted octanol–water partition coefficient (Wildman–Crippen LogP) is 1.31. The van der Waals surface area contributed by atoms with Gasteiger partial charge in [0.1, 0.15) is 0 Å². The highest BCUT2D eigenvalue weighted by Crippen LogP contribution is 2.32. The van der Waals surface area contributed by atoms with Gasteiger partial charge in [0.2, 0.25) is 0 Å². The van der Waals surface area contributed by atoms with Crippen LogP contribution in [0.5, 0.6) is 0 Å². The average molecular weight is 197 g/mol. The van der Waals surface area contributed by atoms with Gasteiger partial charge >= 0.3 is 0 Å². The predicted molar refractivity (Wildman–Crippen MR) is 55.1 cm³/mol. The second kappa shape index (κ2) is 3.46. The summed E-state index contributed by atoms with van der Waals surface area (Å²) in [6, 6.07) is 0. The van der Waals surface area contributed by atoms with E-state index in [4.69, 9.17) is 0 Å². The first kappa shape index (κ1) is 11.4. The van der Waals surface area contributed by atoms with Gasteiger partial charge < -0.3 is 5.32 Å². The van der Waals surface area contributed by atoms with Crippen LogP contribution in [-0.4, -0.2) is 23.1 Å². The van der Waals surface area contributed by atoms with Crippen molar-refractivity contribution in [2.75, 3.05) is 0 Å². The van der Waals surface area contributed by atoms with E-state index >= 15 is 0 Å². The summed E-state index contributed by atoms with van der Waals surface area (Å²) in [5.74, 6) is -0.369. The number of piperidine rings is 1. The van der Waals surface area contributed by atoms with Crippen molar-refractivity contribution in [1.82, 2.24) is 5.32 Å². The molecular formula is C11H19NO2. The lowest BCUT2D eigenvalue weighted by Crippen LogP contribution is -2.58. The Kier molecular flexibility index (Phi) is 2.81. The molecule has 1 rings (SSSR count). The van der Waals surface area contributed by atoms with Crippen molar-refractivity contribution in [3.63, 3.8) is 0 Å². The molecule has 0 aromatic heterocycles. The van der Waals surface area contributed by atoms with E-state index in [0.29, 0.717) is 6.29 Å². The van der Waals surface area contributed by atoms with Crippen LogP contribution in [0.2, 0.25) is 0 Å². The van der Waals surface area contributed by atoms with Gasteiger partial charge in [0, 0.05) is 17.0 Å². The Morgan fingerprint density at radius 2 is 1.64 bits per heavy atom. The number of carbonyl (C=O) groups is 2. The minimum Gasteiger partial charge on any atom is -0.307 e. The molecule has 0 aromatic rings. The molecule has 0 spiro atoms. The Hall–Kier alpha value is -0.700. The largest absolute Gasteiger partial charge is 0.307 e. The molecule has 1 aliphatic heterocycles. The van der Waals surface area contributed by atoms with Crippen LogP contribution in [0.3, 0.4) is 0 Å². The first-order valence-corrected chi connectivity index (χ1v) is 5.04. The highest BCUT2D eigenvalue weighted by Gasteiger charge is 2.40. The Labute approximate surface area is 85.3 Å². The smallest absolute Gasteiger partial charge is 0.198 e. The van der Waals surface area contributed by atoms with Crippen molar-refractivity contribution in [1.29, 1.82) is 0 Å². The number of aldehydes is 1. The summed E-state index contributed by atoms with van der Waals surface area (Å²) in [5, 5.41) is 3.47. The first-order chi connectivity index (χ1) is 6.26. The number of rotatable bonds is 2. The third-order valence-corrected chi connectivity index (χ3v) is 2.71. The molecule has 1 N–H and O–H groups in total. The van der Waals surface area contributed by atoms with Crippen LogP contribution in [0.1, 0.15) is 40.5 Å². The Balaban J connectivity index is 2.81. The lowest BCUT2D eigenvalue weighted by molar-refractivity contribution is -0.134. The number of hydrogen-bond acceptors (Lipinski definition) is 3. The standard InChI is InChI=1S/C11H19NO2/c1-10(2)5-8(9(14)7-13)6-11(3,4)12-10/h7-8,12H,5-6H2,1-4H3. The zero-order valence-electron chi connectivity index (χ0n) is 9.39. The van der Waals surface area contributed by atoms with Gasteiger partial charge in [-0.3, -0.25) is 9.59 Å². The van der Waals surface area contributed by atoms with Crippen LogP contribution in [0.25, 0.3) is 0 Å². The van der Waals surface area contributed by atoms with Gasteiger partial charge in [-0.15, -0.1) is 0 Å². The highest BCUT2D eigenvalue weighted by atomic mass is 16.2. The zero-order chi connectivity index (χ0) is 11.0. The second-order valence-electron chi connectivity index (χ2n) is 5.52. The summed E-state index contributed by atoms with van der Waals surface area (Å²) in [4.78, 5) is 21.8. The summed E-state index contributed by atoms with van der Waals surface area (Å²) >= 11 is 0. The van der Waals surface area contributed by atoms with E-state index < -0.39 is 0 Å². The molecule has 0 unspecified atom stereocenters. The number of carbonyl (C=O) groups excluding carboxylic acids is 2. The van der Waals surface area contributed by atoms with Gasteiger partial charge in [0.25, 0.3) is 0 Å². The normalized spacial score (nSPS) is 25.7. The minimum absolute atomic E-state index is 0.0644.